The first kappa shape index (κ1) is 16.3. The minimum atomic E-state index is -4.91. The third-order valence-electron chi connectivity index (χ3n) is 4.02. The highest BCUT2D eigenvalue weighted by Crippen LogP contribution is 2.45. The molecule has 1 aromatic rings. The molecule has 122 valence electrons. The Hall–Kier alpha value is -2.06. The van der Waals surface area contributed by atoms with Gasteiger partial charge in [-0.25, -0.2) is 0 Å². The van der Waals surface area contributed by atoms with Crippen LogP contribution < -0.4 is 0 Å². The van der Waals surface area contributed by atoms with Crippen molar-refractivity contribution in [2.45, 2.75) is 25.9 Å². The normalized spacial score (nSPS) is 22.1. The van der Waals surface area contributed by atoms with Crippen LogP contribution in [0.1, 0.15) is 29.5 Å². The first-order valence-corrected chi connectivity index (χ1v) is 6.74. The minimum absolute atomic E-state index is 0.153. The molecule has 1 fully saturated rings. The van der Waals surface area contributed by atoms with E-state index in [1.54, 1.807) is 0 Å². The molecule has 0 spiro atoms. The number of carbonyl (C=O) groups is 2. The van der Waals surface area contributed by atoms with Crippen molar-refractivity contribution in [1.29, 1.82) is 0 Å². The Bertz CT molecular complexity index is 611. The highest BCUT2D eigenvalue weighted by Gasteiger charge is 2.64. The zero-order valence-corrected chi connectivity index (χ0v) is 12.1. The van der Waals surface area contributed by atoms with Crippen molar-refractivity contribution in [2.24, 2.45) is 12.5 Å². The predicted octanol–water partition coefficient (Wildman–Crippen LogP) is 1.46. The van der Waals surface area contributed by atoms with Crippen LogP contribution in [0.4, 0.5) is 13.2 Å². The smallest absolute Gasteiger partial charge is 0.406 e. The second kappa shape index (κ2) is 5.29. The van der Waals surface area contributed by atoms with Gasteiger partial charge in [-0.1, -0.05) is 6.92 Å². The van der Waals surface area contributed by atoms with E-state index in [4.69, 9.17) is 5.11 Å². The van der Waals surface area contributed by atoms with Crippen molar-refractivity contribution in [3.63, 3.8) is 0 Å². The van der Waals surface area contributed by atoms with Crippen LogP contribution in [-0.2, 0) is 18.3 Å². The molecule has 2 heterocycles. The van der Waals surface area contributed by atoms with Crippen LogP contribution >= 0.6 is 0 Å². The van der Waals surface area contributed by atoms with Gasteiger partial charge in [-0.3, -0.25) is 14.3 Å². The van der Waals surface area contributed by atoms with Crippen LogP contribution in [0.3, 0.4) is 0 Å². The monoisotopic (exact) mass is 319 g/mol. The molecule has 1 atom stereocenters. The lowest BCUT2D eigenvalue weighted by molar-refractivity contribution is -0.227. The van der Waals surface area contributed by atoms with E-state index in [9.17, 15) is 22.8 Å². The molecular formula is C13H16F3N3O3. The number of amides is 1. The van der Waals surface area contributed by atoms with Crippen molar-refractivity contribution < 1.29 is 27.9 Å². The van der Waals surface area contributed by atoms with Crippen molar-refractivity contribution in [3.8, 4) is 0 Å². The summed E-state index contributed by atoms with van der Waals surface area (Å²) in [6, 6.07) is 1.51. The summed E-state index contributed by atoms with van der Waals surface area (Å²) in [4.78, 5) is 24.4. The van der Waals surface area contributed by atoms with Gasteiger partial charge in [-0.05, 0) is 18.9 Å². The summed E-state index contributed by atoms with van der Waals surface area (Å²) in [5.74, 6) is -2.59. The second-order valence-electron chi connectivity index (χ2n) is 5.36. The molecule has 1 amide bonds. The summed E-state index contributed by atoms with van der Waals surface area (Å²) in [6.07, 6.45) is -4.96. The first-order chi connectivity index (χ1) is 10.1. The predicted molar refractivity (Wildman–Crippen MR) is 69.2 cm³/mol. The largest absolute Gasteiger partial charge is 0.481 e. The molecule has 1 aliphatic heterocycles. The lowest BCUT2D eigenvalue weighted by Gasteiger charge is -2.27. The summed E-state index contributed by atoms with van der Waals surface area (Å²) >= 11 is 0. The van der Waals surface area contributed by atoms with Crippen molar-refractivity contribution in [1.82, 2.24) is 14.7 Å². The molecule has 1 aliphatic rings. The van der Waals surface area contributed by atoms with E-state index >= 15 is 0 Å². The Morgan fingerprint density at radius 2 is 2.09 bits per heavy atom. The van der Waals surface area contributed by atoms with Crippen LogP contribution in [0.2, 0.25) is 0 Å². The summed E-state index contributed by atoms with van der Waals surface area (Å²) in [7, 11) is 1.52. The number of aromatic nitrogens is 2. The lowest BCUT2D eigenvalue weighted by atomic mass is 9.86. The molecule has 22 heavy (non-hydrogen) atoms. The maximum absolute atomic E-state index is 13.1. The number of halogens is 3. The fourth-order valence-corrected chi connectivity index (χ4v) is 2.57. The number of aliphatic carboxylic acids is 1. The summed E-state index contributed by atoms with van der Waals surface area (Å²) in [5.41, 5.74) is -2.10. The van der Waals surface area contributed by atoms with Gasteiger partial charge in [-0.15, -0.1) is 0 Å². The fraction of sp³-hybridized carbons (Fsp3) is 0.615. The van der Waals surface area contributed by atoms with E-state index < -0.39 is 36.4 Å². The van der Waals surface area contributed by atoms with E-state index in [0.29, 0.717) is 12.1 Å². The molecular weight excluding hydrogens is 303 g/mol. The molecule has 1 unspecified atom stereocenters. The van der Waals surface area contributed by atoms with Gasteiger partial charge < -0.3 is 10.0 Å². The summed E-state index contributed by atoms with van der Waals surface area (Å²) < 4.78 is 40.6. The van der Waals surface area contributed by atoms with Crippen LogP contribution in [0.25, 0.3) is 0 Å². The molecule has 0 radical (unpaired) electrons. The third kappa shape index (κ3) is 2.44. The quantitative estimate of drug-likeness (QED) is 0.915. The molecule has 9 heteroatoms. The third-order valence-corrected chi connectivity index (χ3v) is 4.02. The Morgan fingerprint density at radius 3 is 2.50 bits per heavy atom. The van der Waals surface area contributed by atoms with Crippen LogP contribution in [0.5, 0.6) is 0 Å². The van der Waals surface area contributed by atoms with Gasteiger partial charge in [0.05, 0.1) is 5.69 Å². The average molecular weight is 319 g/mol. The van der Waals surface area contributed by atoms with Crippen molar-refractivity contribution >= 4 is 11.9 Å². The Kier molecular flexibility index (Phi) is 3.92. The van der Waals surface area contributed by atoms with E-state index in [2.05, 4.69) is 5.10 Å². The maximum Gasteiger partial charge on any atom is 0.406 e. The molecule has 1 aromatic heterocycles. The van der Waals surface area contributed by atoms with Crippen LogP contribution in [-0.4, -0.2) is 50.9 Å². The maximum atomic E-state index is 13.1. The van der Waals surface area contributed by atoms with E-state index in [1.165, 1.54) is 17.8 Å². The minimum Gasteiger partial charge on any atom is -0.481 e. The van der Waals surface area contributed by atoms with Crippen molar-refractivity contribution in [2.75, 3.05) is 13.1 Å². The summed E-state index contributed by atoms with van der Waals surface area (Å²) in [6.45, 7) is 0.708. The number of aryl methyl sites for hydroxylation is 2. The van der Waals surface area contributed by atoms with Gasteiger partial charge in [0.25, 0.3) is 5.91 Å². The standard InChI is InChI=1S/C13H16F3N3O3/c1-3-8-6-9(18(2)17-8)10(20)19-5-4-12(7-19,11(21)22)13(14,15)16/h6H,3-5,7H2,1-2H3,(H,21,22). The zero-order chi connectivity index (χ0) is 16.7. The topological polar surface area (TPSA) is 75.4 Å². The van der Waals surface area contributed by atoms with E-state index in [1.807, 2.05) is 6.92 Å². The Balaban J connectivity index is 2.27. The number of carboxylic acid groups (broad SMARTS) is 1. The summed E-state index contributed by atoms with van der Waals surface area (Å²) in [5, 5.41) is 13.1. The SMILES string of the molecule is CCc1cc(C(=O)N2CCC(C(=O)O)(C(F)(F)F)C2)n(C)n1. The number of hydrogen-bond donors (Lipinski definition) is 1. The van der Waals surface area contributed by atoms with E-state index in [-0.39, 0.29) is 12.2 Å². The number of carboxylic acids is 1. The highest BCUT2D eigenvalue weighted by atomic mass is 19.4. The molecule has 1 N–H and O–H groups in total. The number of alkyl halides is 3. The molecule has 0 bridgehead atoms. The molecule has 0 aliphatic carbocycles. The number of likely N-dealkylation sites (tertiary alicyclic amines) is 1. The number of carbonyl (C=O) groups excluding carboxylic acids is 1. The van der Waals surface area contributed by atoms with Gasteiger partial charge in [0.1, 0.15) is 5.69 Å². The second-order valence-corrected chi connectivity index (χ2v) is 5.36. The van der Waals surface area contributed by atoms with Crippen LogP contribution in [0, 0.1) is 5.41 Å². The molecule has 0 saturated carbocycles. The molecule has 6 nitrogen and oxygen atoms in total. The molecule has 0 aromatic carbocycles. The Morgan fingerprint density at radius 1 is 1.45 bits per heavy atom. The Labute approximate surface area is 124 Å². The van der Waals surface area contributed by atoms with Crippen molar-refractivity contribution in [3.05, 3.63) is 17.5 Å². The average Bonchev–Trinajstić information content (AvgIpc) is 3.01. The van der Waals surface area contributed by atoms with Gasteiger partial charge in [0.2, 0.25) is 0 Å². The number of nitrogens with zero attached hydrogens (tertiary/aromatic N) is 3. The number of rotatable bonds is 3. The van der Waals surface area contributed by atoms with Gasteiger partial charge in [-0.2, -0.15) is 18.3 Å². The highest BCUT2D eigenvalue weighted by molar-refractivity contribution is 5.93. The number of hydrogen-bond acceptors (Lipinski definition) is 3. The van der Waals surface area contributed by atoms with Gasteiger partial charge in [0.15, 0.2) is 5.41 Å². The molecule has 2 rings (SSSR count). The molecule has 1 saturated heterocycles. The first-order valence-electron chi connectivity index (χ1n) is 6.74. The van der Waals surface area contributed by atoms with Gasteiger partial charge >= 0.3 is 12.1 Å². The zero-order valence-electron chi connectivity index (χ0n) is 12.1. The fourth-order valence-electron chi connectivity index (χ4n) is 2.57. The van der Waals surface area contributed by atoms with E-state index in [0.717, 1.165) is 4.90 Å². The van der Waals surface area contributed by atoms with Gasteiger partial charge in [0, 0.05) is 20.1 Å². The lowest BCUT2D eigenvalue weighted by Crippen LogP contribution is -2.47. The van der Waals surface area contributed by atoms with Crippen LogP contribution in [0.15, 0.2) is 6.07 Å².